The number of halogens is 4. The van der Waals surface area contributed by atoms with E-state index in [0.29, 0.717) is 6.42 Å². The molecular weight excluding hydrogens is 540 g/mol. The predicted octanol–water partition coefficient (Wildman–Crippen LogP) is 4.88. The van der Waals surface area contributed by atoms with Crippen LogP contribution in [0, 0.1) is 5.82 Å². The first-order chi connectivity index (χ1) is 16.3. The molecule has 0 heterocycles. The summed E-state index contributed by atoms with van der Waals surface area (Å²) in [7, 11) is -4.02. The number of sulfonamides is 1. The largest absolute Gasteiger partial charge is 0.352 e. The first-order valence-corrected chi connectivity index (χ1v) is 13.7. The van der Waals surface area contributed by atoms with E-state index >= 15 is 0 Å². The van der Waals surface area contributed by atoms with Gasteiger partial charge < -0.3 is 10.2 Å². The van der Waals surface area contributed by atoms with Crippen molar-refractivity contribution in [3.05, 3.63) is 62.8 Å². The van der Waals surface area contributed by atoms with Gasteiger partial charge in [0.05, 0.1) is 27.0 Å². The predicted molar refractivity (Wildman–Crippen MR) is 138 cm³/mol. The molecule has 12 heteroatoms. The van der Waals surface area contributed by atoms with Crippen molar-refractivity contribution in [2.45, 2.75) is 45.8 Å². The summed E-state index contributed by atoms with van der Waals surface area (Å²) >= 11 is 18.2. The van der Waals surface area contributed by atoms with Gasteiger partial charge >= 0.3 is 0 Å². The Bertz CT molecular complexity index is 1200. The summed E-state index contributed by atoms with van der Waals surface area (Å²) in [6.07, 6.45) is 1.57. The second kappa shape index (κ2) is 12.3. The minimum absolute atomic E-state index is 0.0386. The lowest BCUT2D eigenvalue weighted by Crippen LogP contribution is -2.52. The van der Waals surface area contributed by atoms with Crippen LogP contribution in [-0.2, 0) is 26.2 Å². The maximum Gasteiger partial charge on any atom is 0.244 e. The molecule has 2 amide bonds. The molecule has 0 spiro atoms. The van der Waals surface area contributed by atoms with Gasteiger partial charge in [-0.3, -0.25) is 13.9 Å². The minimum Gasteiger partial charge on any atom is -0.352 e. The first-order valence-electron chi connectivity index (χ1n) is 10.7. The van der Waals surface area contributed by atoms with E-state index < -0.39 is 40.2 Å². The monoisotopic (exact) mass is 565 g/mol. The average Bonchev–Trinajstić information content (AvgIpc) is 2.78. The van der Waals surface area contributed by atoms with Crippen LogP contribution in [0.15, 0.2) is 36.4 Å². The van der Waals surface area contributed by atoms with Gasteiger partial charge in [0.1, 0.15) is 18.4 Å². The molecule has 0 saturated carbocycles. The third-order valence-corrected chi connectivity index (χ3v) is 7.56. The molecule has 192 valence electrons. The Morgan fingerprint density at radius 2 is 1.66 bits per heavy atom. The van der Waals surface area contributed by atoms with E-state index in [4.69, 9.17) is 34.8 Å². The number of nitrogens with zero attached hydrogens (tertiary/aromatic N) is 2. The molecule has 0 aliphatic heterocycles. The number of amides is 2. The van der Waals surface area contributed by atoms with Crippen molar-refractivity contribution in [3.8, 4) is 0 Å². The highest BCUT2D eigenvalue weighted by Gasteiger charge is 2.31. The third kappa shape index (κ3) is 7.70. The Morgan fingerprint density at radius 3 is 2.23 bits per heavy atom. The van der Waals surface area contributed by atoms with Crippen LogP contribution in [0.2, 0.25) is 15.1 Å². The van der Waals surface area contributed by atoms with Crippen molar-refractivity contribution in [1.29, 1.82) is 0 Å². The molecule has 0 saturated heterocycles. The van der Waals surface area contributed by atoms with E-state index in [0.717, 1.165) is 15.5 Å². The maximum absolute atomic E-state index is 14.4. The molecule has 0 radical (unpaired) electrons. The molecule has 2 rings (SSSR count). The van der Waals surface area contributed by atoms with Gasteiger partial charge in [-0.2, -0.15) is 0 Å². The molecule has 2 atom stereocenters. The van der Waals surface area contributed by atoms with Crippen LogP contribution in [0.3, 0.4) is 0 Å². The molecule has 1 N–H and O–H groups in total. The van der Waals surface area contributed by atoms with Crippen LogP contribution >= 0.6 is 34.8 Å². The highest BCUT2D eigenvalue weighted by molar-refractivity contribution is 7.92. The zero-order chi connectivity index (χ0) is 26.5. The average molecular weight is 567 g/mol. The summed E-state index contributed by atoms with van der Waals surface area (Å²) in [6, 6.07) is 7.15. The number of anilines is 1. The molecular formula is C23H27Cl3FN3O4S. The van der Waals surface area contributed by atoms with Gasteiger partial charge in [0.15, 0.2) is 0 Å². The molecule has 0 aliphatic rings. The minimum atomic E-state index is -4.02. The molecule has 2 aromatic rings. The highest BCUT2D eigenvalue weighted by Crippen LogP contribution is 2.35. The molecule has 35 heavy (non-hydrogen) atoms. The second-order valence-corrected chi connectivity index (χ2v) is 11.2. The van der Waals surface area contributed by atoms with Gasteiger partial charge in [-0.15, -0.1) is 0 Å². The zero-order valence-electron chi connectivity index (χ0n) is 19.7. The number of rotatable bonds is 10. The number of carbonyl (C=O) groups excluding carboxylic acids is 2. The Hall–Kier alpha value is -2.07. The lowest BCUT2D eigenvalue weighted by molar-refractivity contribution is -0.139. The van der Waals surface area contributed by atoms with Crippen LogP contribution in [0.5, 0.6) is 0 Å². The lowest BCUT2D eigenvalue weighted by atomic mass is 10.1. The summed E-state index contributed by atoms with van der Waals surface area (Å²) in [4.78, 5) is 27.4. The fourth-order valence-corrected chi connectivity index (χ4v) is 4.70. The standard InChI is InChI=1S/C23H27Cl3FN3O4S/c1-5-14(2)28-23(32)15(3)29(12-16-8-6-7-9-20(16)27)22(31)13-30(35(4,33)34)21-11-18(25)17(24)10-19(21)26/h6-11,14-15H,5,12-13H2,1-4H3,(H,28,32)/t14-,15-/m1/s1. The van der Waals surface area contributed by atoms with Crippen molar-refractivity contribution in [2.24, 2.45) is 0 Å². The van der Waals surface area contributed by atoms with Crippen molar-refractivity contribution < 1.29 is 22.4 Å². The molecule has 0 fully saturated rings. The smallest absolute Gasteiger partial charge is 0.244 e. The summed E-state index contributed by atoms with van der Waals surface area (Å²) in [5.41, 5.74) is 0.113. The van der Waals surface area contributed by atoms with Gasteiger partial charge in [0.2, 0.25) is 21.8 Å². The van der Waals surface area contributed by atoms with Gasteiger partial charge in [0.25, 0.3) is 0 Å². The van der Waals surface area contributed by atoms with Gasteiger partial charge in [-0.25, -0.2) is 12.8 Å². The fraction of sp³-hybridized carbons (Fsp3) is 0.391. The molecule has 2 aromatic carbocycles. The third-order valence-electron chi connectivity index (χ3n) is 5.40. The number of hydrogen-bond acceptors (Lipinski definition) is 4. The van der Waals surface area contributed by atoms with E-state index in [-0.39, 0.29) is 38.9 Å². The van der Waals surface area contributed by atoms with Crippen LogP contribution in [0.1, 0.15) is 32.8 Å². The number of hydrogen-bond donors (Lipinski definition) is 1. The van der Waals surface area contributed by atoms with Crippen LogP contribution < -0.4 is 9.62 Å². The van der Waals surface area contributed by atoms with Crippen molar-refractivity contribution in [3.63, 3.8) is 0 Å². The molecule has 0 unspecified atom stereocenters. The number of benzene rings is 2. The van der Waals surface area contributed by atoms with Gasteiger partial charge in [-0.05, 0) is 38.5 Å². The van der Waals surface area contributed by atoms with Crippen LogP contribution in [0.4, 0.5) is 10.1 Å². The highest BCUT2D eigenvalue weighted by atomic mass is 35.5. The molecule has 0 aliphatic carbocycles. The summed E-state index contributed by atoms with van der Waals surface area (Å²) in [6.45, 7) is 4.24. The van der Waals surface area contributed by atoms with E-state index in [9.17, 15) is 22.4 Å². The normalized spacial score (nSPS) is 13.1. The Kier molecular flexibility index (Phi) is 10.2. The summed E-state index contributed by atoms with van der Waals surface area (Å²) in [5, 5.41) is 2.90. The fourth-order valence-electron chi connectivity index (χ4n) is 3.16. The second-order valence-electron chi connectivity index (χ2n) is 8.09. The first kappa shape index (κ1) is 29.2. The van der Waals surface area contributed by atoms with Crippen LogP contribution in [0.25, 0.3) is 0 Å². The summed E-state index contributed by atoms with van der Waals surface area (Å²) < 4.78 is 40.4. The van der Waals surface area contributed by atoms with Gasteiger partial charge in [0, 0.05) is 18.2 Å². The number of carbonyl (C=O) groups is 2. The lowest BCUT2D eigenvalue weighted by Gasteiger charge is -2.32. The number of nitrogens with one attached hydrogen (secondary N) is 1. The Morgan fingerprint density at radius 1 is 1.06 bits per heavy atom. The van der Waals surface area contributed by atoms with Crippen molar-refractivity contribution in [1.82, 2.24) is 10.2 Å². The Balaban J connectivity index is 2.47. The van der Waals surface area contributed by atoms with E-state index in [1.165, 1.54) is 37.3 Å². The topological polar surface area (TPSA) is 86.8 Å². The maximum atomic E-state index is 14.4. The van der Waals surface area contributed by atoms with Crippen LogP contribution in [-0.4, -0.2) is 50.0 Å². The SMILES string of the molecule is CC[C@@H](C)NC(=O)[C@@H](C)N(Cc1ccccc1F)C(=O)CN(c1cc(Cl)c(Cl)cc1Cl)S(C)(=O)=O. The molecule has 0 bridgehead atoms. The van der Waals surface area contributed by atoms with Crippen molar-refractivity contribution in [2.75, 3.05) is 17.1 Å². The van der Waals surface area contributed by atoms with E-state index in [1.807, 2.05) is 13.8 Å². The van der Waals surface area contributed by atoms with Crippen molar-refractivity contribution >= 4 is 62.3 Å². The quantitative estimate of drug-likeness (QED) is 0.415. The van der Waals surface area contributed by atoms with E-state index in [2.05, 4.69) is 5.32 Å². The molecule has 7 nitrogen and oxygen atoms in total. The van der Waals surface area contributed by atoms with Gasteiger partial charge in [-0.1, -0.05) is 59.9 Å². The van der Waals surface area contributed by atoms with E-state index in [1.54, 1.807) is 6.07 Å². The zero-order valence-corrected chi connectivity index (χ0v) is 22.8. The Labute approximate surface area is 220 Å². The molecule has 0 aromatic heterocycles. The summed E-state index contributed by atoms with van der Waals surface area (Å²) in [5.74, 6) is -1.76.